The molecule has 0 amide bonds. The van der Waals surface area contributed by atoms with Crippen molar-refractivity contribution in [1.29, 1.82) is 0 Å². The normalized spacial score (nSPS) is 26.2. The highest BCUT2D eigenvalue weighted by Crippen LogP contribution is 2.42. The maximum absolute atomic E-state index is 6.43. The van der Waals surface area contributed by atoms with Crippen LogP contribution in [0.5, 0.6) is 0 Å². The summed E-state index contributed by atoms with van der Waals surface area (Å²) in [6.07, 6.45) is 5.11. The van der Waals surface area contributed by atoms with E-state index in [-0.39, 0.29) is 6.04 Å². The fraction of sp³-hybridized carbons (Fsp3) is 0.647. The minimum absolute atomic E-state index is 0.139. The Hall–Kier alpha value is -0.530. The Labute approximate surface area is 122 Å². The van der Waals surface area contributed by atoms with Gasteiger partial charge in [0.15, 0.2) is 0 Å². The molecule has 0 bridgehead atoms. The van der Waals surface area contributed by atoms with Crippen molar-refractivity contribution in [3.05, 3.63) is 34.9 Å². The van der Waals surface area contributed by atoms with E-state index in [0.717, 1.165) is 10.9 Å². The Morgan fingerprint density at radius 1 is 1.16 bits per heavy atom. The molecule has 1 atom stereocenters. The maximum atomic E-state index is 6.43. The van der Waals surface area contributed by atoms with Crippen LogP contribution < -0.4 is 5.73 Å². The van der Waals surface area contributed by atoms with Crippen LogP contribution in [-0.4, -0.2) is 0 Å². The maximum Gasteiger partial charge on any atom is 0.0409 e. The lowest BCUT2D eigenvalue weighted by Crippen LogP contribution is -2.30. The van der Waals surface area contributed by atoms with Crippen LogP contribution in [-0.2, 0) is 0 Å². The van der Waals surface area contributed by atoms with Gasteiger partial charge in [-0.25, -0.2) is 0 Å². The van der Waals surface area contributed by atoms with E-state index in [1.807, 2.05) is 18.2 Å². The van der Waals surface area contributed by atoms with E-state index in [0.29, 0.717) is 11.3 Å². The lowest BCUT2D eigenvalue weighted by Gasteiger charge is -2.38. The molecule has 1 aromatic rings. The smallest absolute Gasteiger partial charge is 0.0409 e. The SMILES string of the molecule is CC(C)(C)C1CCC(C(N)c2cccc(Cl)c2)CC1. The second-order valence-corrected chi connectivity index (χ2v) is 7.49. The molecule has 1 saturated carbocycles. The van der Waals surface area contributed by atoms with E-state index in [4.69, 9.17) is 17.3 Å². The third kappa shape index (κ3) is 3.73. The van der Waals surface area contributed by atoms with Crippen LogP contribution in [0.4, 0.5) is 0 Å². The summed E-state index contributed by atoms with van der Waals surface area (Å²) in [6, 6.07) is 8.17. The molecule has 2 heteroatoms. The summed E-state index contributed by atoms with van der Waals surface area (Å²) in [5.74, 6) is 1.45. The average Bonchev–Trinajstić information content (AvgIpc) is 2.37. The fourth-order valence-corrected chi connectivity index (χ4v) is 3.53. The molecule has 1 nitrogen and oxygen atoms in total. The molecule has 0 saturated heterocycles. The molecule has 1 fully saturated rings. The fourth-order valence-electron chi connectivity index (χ4n) is 3.33. The van der Waals surface area contributed by atoms with Crippen molar-refractivity contribution in [3.63, 3.8) is 0 Å². The van der Waals surface area contributed by atoms with Gasteiger partial charge in [0.1, 0.15) is 0 Å². The van der Waals surface area contributed by atoms with E-state index in [1.54, 1.807) is 0 Å². The van der Waals surface area contributed by atoms with Gasteiger partial charge in [-0.1, -0.05) is 44.5 Å². The summed E-state index contributed by atoms with van der Waals surface area (Å²) < 4.78 is 0. The molecule has 0 heterocycles. The highest BCUT2D eigenvalue weighted by Gasteiger charge is 2.32. The van der Waals surface area contributed by atoms with Gasteiger partial charge in [0, 0.05) is 11.1 Å². The first-order valence-corrected chi connectivity index (χ1v) is 7.77. The van der Waals surface area contributed by atoms with Gasteiger partial charge < -0.3 is 5.73 Å². The summed E-state index contributed by atoms with van der Waals surface area (Å²) in [5, 5.41) is 0.788. The molecule has 2 N–H and O–H groups in total. The molecule has 1 aromatic carbocycles. The molecule has 1 aliphatic rings. The van der Waals surface area contributed by atoms with Crippen LogP contribution in [0.3, 0.4) is 0 Å². The number of rotatable bonds is 2. The molecule has 1 aliphatic carbocycles. The van der Waals surface area contributed by atoms with Crippen LogP contribution in [0.25, 0.3) is 0 Å². The Bertz CT molecular complexity index is 414. The molecule has 0 radical (unpaired) electrons. The van der Waals surface area contributed by atoms with Crippen molar-refractivity contribution < 1.29 is 0 Å². The van der Waals surface area contributed by atoms with E-state index < -0.39 is 0 Å². The highest BCUT2D eigenvalue weighted by atomic mass is 35.5. The molecule has 106 valence electrons. The van der Waals surface area contributed by atoms with Crippen molar-refractivity contribution in [2.45, 2.75) is 52.5 Å². The summed E-state index contributed by atoms with van der Waals surface area (Å²) in [7, 11) is 0. The van der Waals surface area contributed by atoms with Crippen LogP contribution in [0.15, 0.2) is 24.3 Å². The van der Waals surface area contributed by atoms with Crippen molar-refractivity contribution >= 4 is 11.6 Å². The molecule has 0 aromatic heterocycles. The van der Waals surface area contributed by atoms with Gasteiger partial charge in [-0.2, -0.15) is 0 Å². The van der Waals surface area contributed by atoms with Gasteiger partial charge in [-0.3, -0.25) is 0 Å². The largest absolute Gasteiger partial charge is 0.324 e. The molecular formula is C17H26ClN. The Morgan fingerprint density at radius 3 is 2.32 bits per heavy atom. The zero-order valence-corrected chi connectivity index (χ0v) is 13.1. The predicted molar refractivity (Wildman–Crippen MR) is 83.3 cm³/mol. The van der Waals surface area contributed by atoms with Crippen molar-refractivity contribution in [1.82, 2.24) is 0 Å². The average molecular weight is 280 g/mol. The van der Waals surface area contributed by atoms with Gasteiger partial charge >= 0.3 is 0 Å². The molecule has 1 unspecified atom stereocenters. The van der Waals surface area contributed by atoms with Crippen LogP contribution in [0.1, 0.15) is 58.1 Å². The quantitative estimate of drug-likeness (QED) is 0.792. The van der Waals surface area contributed by atoms with Crippen molar-refractivity contribution in [2.24, 2.45) is 23.0 Å². The first kappa shape index (κ1) is 14.9. The predicted octanol–water partition coefficient (Wildman–Crippen LogP) is 5.19. The van der Waals surface area contributed by atoms with E-state index in [1.165, 1.54) is 31.2 Å². The molecule has 19 heavy (non-hydrogen) atoms. The standard InChI is InChI=1S/C17H26ClN/c1-17(2,3)14-9-7-12(8-10-14)16(19)13-5-4-6-15(18)11-13/h4-6,11-12,14,16H,7-10,19H2,1-3H3. The number of halogens is 1. The third-order valence-corrected chi connectivity index (χ3v) is 4.97. The molecule has 0 aliphatic heterocycles. The summed E-state index contributed by atoms with van der Waals surface area (Å²) in [6.45, 7) is 7.07. The number of benzene rings is 1. The summed E-state index contributed by atoms with van der Waals surface area (Å²) >= 11 is 6.06. The van der Waals surface area contributed by atoms with E-state index >= 15 is 0 Å². The first-order valence-electron chi connectivity index (χ1n) is 7.39. The van der Waals surface area contributed by atoms with E-state index in [9.17, 15) is 0 Å². The zero-order chi connectivity index (χ0) is 14.0. The zero-order valence-electron chi connectivity index (χ0n) is 12.3. The number of hydrogen-bond donors (Lipinski definition) is 1. The molecule has 2 rings (SSSR count). The van der Waals surface area contributed by atoms with E-state index in [2.05, 4.69) is 26.8 Å². The molecule has 0 spiro atoms. The third-order valence-electron chi connectivity index (χ3n) is 4.74. The van der Waals surface area contributed by atoms with Gasteiger partial charge in [-0.15, -0.1) is 0 Å². The van der Waals surface area contributed by atoms with Gasteiger partial charge in [0.2, 0.25) is 0 Å². The van der Waals surface area contributed by atoms with Crippen molar-refractivity contribution in [3.8, 4) is 0 Å². The van der Waals surface area contributed by atoms with Crippen LogP contribution >= 0.6 is 11.6 Å². The number of hydrogen-bond acceptors (Lipinski definition) is 1. The lowest BCUT2D eigenvalue weighted by molar-refractivity contribution is 0.139. The monoisotopic (exact) mass is 279 g/mol. The van der Waals surface area contributed by atoms with Gasteiger partial charge in [0.25, 0.3) is 0 Å². The minimum Gasteiger partial charge on any atom is -0.324 e. The van der Waals surface area contributed by atoms with Gasteiger partial charge in [0.05, 0.1) is 0 Å². The van der Waals surface area contributed by atoms with Crippen LogP contribution in [0.2, 0.25) is 5.02 Å². The van der Waals surface area contributed by atoms with Crippen molar-refractivity contribution in [2.75, 3.05) is 0 Å². The topological polar surface area (TPSA) is 26.0 Å². The Balaban J connectivity index is 1.98. The second kappa shape index (κ2) is 5.85. The second-order valence-electron chi connectivity index (χ2n) is 7.06. The number of nitrogens with two attached hydrogens (primary N) is 1. The summed E-state index contributed by atoms with van der Waals surface area (Å²) in [4.78, 5) is 0. The van der Waals surface area contributed by atoms with Crippen LogP contribution in [0, 0.1) is 17.3 Å². The lowest BCUT2D eigenvalue weighted by atomic mass is 9.68. The first-order chi connectivity index (χ1) is 8.88. The summed E-state index contributed by atoms with van der Waals surface area (Å²) in [5.41, 5.74) is 8.06. The molecular weight excluding hydrogens is 254 g/mol. The minimum atomic E-state index is 0.139. The highest BCUT2D eigenvalue weighted by molar-refractivity contribution is 6.30. The van der Waals surface area contributed by atoms with Gasteiger partial charge in [-0.05, 0) is 60.6 Å². The Morgan fingerprint density at radius 2 is 1.79 bits per heavy atom. The Kier molecular flexibility index (Phi) is 4.58.